The highest BCUT2D eigenvalue weighted by atomic mass is 19.1. The molecular formula is C25H27FN6O. The SMILES string of the molecule is Cc1nc(N)nc2c1/C(=N/OC1CCNCC1)C[C@H](c1ccc(F)cc1-c1cccnc1)C2. The van der Waals surface area contributed by atoms with E-state index in [1.807, 2.05) is 25.1 Å². The Morgan fingerprint density at radius 1 is 1.15 bits per heavy atom. The number of nitrogens with zero attached hydrogens (tertiary/aromatic N) is 4. The van der Waals surface area contributed by atoms with Gasteiger partial charge in [0.2, 0.25) is 5.95 Å². The summed E-state index contributed by atoms with van der Waals surface area (Å²) in [6, 6.07) is 8.74. The van der Waals surface area contributed by atoms with Gasteiger partial charge in [-0.2, -0.15) is 0 Å². The van der Waals surface area contributed by atoms with Crippen LogP contribution in [0.4, 0.5) is 10.3 Å². The average molecular weight is 447 g/mol. The molecule has 7 nitrogen and oxygen atoms in total. The van der Waals surface area contributed by atoms with Crippen molar-refractivity contribution in [1.29, 1.82) is 0 Å². The number of hydrogen-bond acceptors (Lipinski definition) is 7. The fourth-order valence-electron chi connectivity index (χ4n) is 4.82. The third kappa shape index (κ3) is 4.57. The number of pyridine rings is 1. The Morgan fingerprint density at radius 2 is 2.00 bits per heavy atom. The minimum absolute atomic E-state index is 0.0392. The molecule has 3 aromatic rings. The van der Waals surface area contributed by atoms with E-state index in [1.165, 1.54) is 6.07 Å². The van der Waals surface area contributed by atoms with Crippen molar-refractivity contribution in [2.24, 2.45) is 5.16 Å². The zero-order valence-electron chi connectivity index (χ0n) is 18.6. The van der Waals surface area contributed by atoms with Crippen LogP contribution in [-0.2, 0) is 11.3 Å². The molecule has 5 rings (SSSR count). The maximum atomic E-state index is 14.2. The fourth-order valence-corrected chi connectivity index (χ4v) is 4.82. The number of nitrogen functional groups attached to an aromatic ring is 1. The van der Waals surface area contributed by atoms with Crippen LogP contribution >= 0.6 is 0 Å². The molecule has 1 saturated heterocycles. The molecule has 3 N–H and O–H groups in total. The number of fused-ring (bicyclic) bond motifs is 1. The molecule has 0 radical (unpaired) electrons. The summed E-state index contributed by atoms with van der Waals surface area (Å²) in [5, 5.41) is 7.96. The van der Waals surface area contributed by atoms with E-state index in [0.717, 1.165) is 65.3 Å². The largest absolute Gasteiger partial charge is 0.392 e. The van der Waals surface area contributed by atoms with Gasteiger partial charge in [-0.1, -0.05) is 17.3 Å². The molecule has 0 bridgehead atoms. The van der Waals surface area contributed by atoms with Crippen LogP contribution in [-0.4, -0.2) is 39.9 Å². The van der Waals surface area contributed by atoms with Gasteiger partial charge in [-0.15, -0.1) is 0 Å². The number of hydrogen-bond donors (Lipinski definition) is 2. The topological polar surface area (TPSA) is 98.3 Å². The molecule has 2 aliphatic rings. The molecule has 1 fully saturated rings. The minimum Gasteiger partial charge on any atom is -0.392 e. The zero-order valence-corrected chi connectivity index (χ0v) is 18.6. The summed E-state index contributed by atoms with van der Waals surface area (Å²) in [5.74, 6) is 0.00819. The first-order chi connectivity index (χ1) is 16.1. The van der Waals surface area contributed by atoms with Crippen molar-refractivity contribution < 1.29 is 9.23 Å². The third-order valence-corrected chi connectivity index (χ3v) is 6.38. The molecular weight excluding hydrogens is 419 g/mol. The lowest BCUT2D eigenvalue weighted by molar-refractivity contribution is 0.0372. The molecule has 0 spiro atoms. The van der Waals surface area contributed by atoms with Crippen molar-refractivity contribution in [3.63, 3.8) is 0 Å². The summed E-state index contributed by atoms with van der Waals surface area (Å²) in [6.07, 6.45) is 6.72. The van der Waals surface area contributed by atoms with Gasteiger partial charge in [0.05, 0.1) is 17.1 Å². The summed E-state index contributed by atoms with van der Waals surface area (Å²) in [7, 11) is 0. The molecule has 1 aromatic carbocycles. The third-order valence-electron chi connectivity index (χ3n) is 6.38. The van der Waals surface area contributed by atoms with Crippen LogP contribution in [0.3, 0.4) is 0 Å². The first-order valence-electron chi connectivity index (χ1n) is 11.3. The lowest BCUT2D eigenvalue weighted by Crippen LogP contribution is -2.32. The Bertz CT molecular complexity index is 1180. The Kier molecular flexibility index (Phi) is 6.00. The maximum absolute atomic E-state index is 14.2. The molecule has 0 unspecified atom stereocenters. The van der Waals surface area contributed by atoms with Gasteiger partial charge in [0.15, 0.2) is 0 Å². The van der Waals surface area contributed by atoms with Crippen molar-refractivity contribution in [3.8, 4) is 11.1 Å². The molecule has 8 heteroatoms. The molecule has 1 atom stereocenters. The van der Waals surface area contributed by atoms with Crippen LogP contribution < -0.4 is 11.1 Å². The number of oxime groups is 1. The van der Waals surface area contributed by atoms with Gasteiger partial charge < -0.3 is 15.9 Å². The number of nitrogens with two attached hydrogens (primary N) is 1. The van der Waals surface area contributed by atoms with Crippen molar-refractivity contribution >= 4 is 11.7 Å². The van der Waals surface area contributed by atoms with Crippen LogP contribution in [0, 0.1) is 12.7 Å². The van der Waals surface area contributed by atoms with E-state index in [4.69, 9.17) is 10.6 Å². The summed E-state index contributed by atoms with van der Waals surface area (Å²) < 4.78 is 14.2. The maximum Gasteiger partial charge on any atom is 0.220 e. The predicted molar refractivity (Wildman–Crippen MR) is 125 cm³/mol. The highest BCUT2D eigenvalue weighted by molar-refractivity contribution is 6.03. The Balaban J connectivity index is 1.55. The van der Waals surface area contributed by atoms with E-state index in [1.54, 1.807) is 18.5 Å². The lowest BCUT2D eigenvalue weighted by atomic mass is 9.78. The van der Waals surface area contributed by atoms with Gasteiger partial charge in [0.1, 0.15) is 11.9 Å². The summed E-state index contributed by atoms with van der Waals surface area (Å²) in [5.41, 5.74) is 12.1. The predicted octanol–water partition coefficient (Wildman–Crippen LogP) is 3.77. The number of aromatic nitrogens is 3. The van der Waals surface area contributed by atoms with E-state index in [2.05, 4.69) is 25.4 Å². The van der Waals surface area contributed by atoms with Gasteiger partial charge in [-0.3, -0.25) is 4.98 Å². The summed E-state index contributed by atoms with van der Waals surface area (Å²) in [6.45, 7) is 3.78. The monoisotopic (exact) mass is 446 g/mol. The average Bonchev–Trinajstić information content (AvgIpc) is 2.83. The van der Waals surface area contributed by atoms with Gasteiger partial charge in [0, 0.05) is 29.9 Å². The molecule has 2 aromatic heterocycles. The number of anilines is 1. The minimum atomic E-state index is -0.278. The first-order valence-corrected chi connectivity index (χ1v) is 11.3. The highest BCUT2D eigenvalue weighted by Gasteiger charge is 2.31. The Hall–Kier alpha value is -3.39. The summed E-state index contributed by atoms with van der Waals surface area (Å²) >= 11 is 0. The molecule has 0 amide bonds. The van der Waals surface area contributed by atoms with Crippen LogP contribution in [0.25, 0.3) is 11.1 Å². The van der Waals surface area contributed by atoms with E-state index in [0.29, 0.717) is 12.8 Å². The molecule has 0 saturated carbocycles. The van der Waals surface area contributed by atoms with Gasteiger partial charge in [-0.25, -0.2) is 14.4 Å². The quantitative estimate of drug-likeness (QED) is 0.592. The van der Waals surface area contributed by atoms with E-state index < -0.39 is 0 Å². The number of aryl methyl sites for hydroxylation is 1. The second-order valence-electron chi connectivity index (χ2n) is 8.66. The number of nitrogens with one attached hydrogen (secondary N) is 1. The molecule has 1 aliphatic carbocycles. The molecule has 170 valence electrons. The first kappa shape index (κ1) is 21.5. The van der Waals surface area contributed by atoms with Crippen molar-refractivity contribution in [3.05, 3.63) is 71.1 Å². The van der Waals surface area contributed by atoms with Crippen LogP contribution in [0.5, 0.6) is 0 Å². The van der Waals surface area contributed by atoms with E-state index in [9.17, 15) is 4.39 Å². The van der Waals surface area contributed by atoms with Crippen LogP contribution in [0.15, 0.2) is 47.9 Å². The van der Waals surface area contributed by atoms with Gasteiger partial charge in [-0.05, 0) is 74.5 Å². The number of halogens is 1. The lowest BCUT2D eigenvalue weighted by Gasteiger charge is -2.28. The Labute approximate surface area is 192 Å². The fraction of sp³-hybridized carbons (Fsp3) is 0.360. The van der Waals surface area contributed by atoms with Crippen LogP contribution in [0.1, 0.15) is 47.7 Å². The number of rotatable bonds is 4. The normalized spacial score (nSPS) is 19.9. The van der Waals surface area contributed by atoms with Gasteiger partial charge >= 0.3 is 0 Å². The molecule has 3 heterocycles. The number of benzene rings is 1. The number of piperidine rings is 1. The Morgan fingerprint density at radius 3 is 2.79 bits per heavy atom. The van der Waals surface area contributed by atoms with E-state index in [-0.39, 0.29) is 23.8 Å². The second-order valence-corrected chi connectivity index (χ2v) is 8.66. The van der Waals surface area contributed by atoms with Crippen LogP contribution in [0.2, 0.25) is 0 Å². The van der Waals surface area contributed by atoms with Crippen molar-refractivity contribution in [2.45, 2.75) is 44.6 Å². The highest BCUT2D eigenvalue weighted by Crippen LogP contribution is 2.38. The van der Waals surface area contributed by atoms with Crippen molar-refractivity contribution in [2.75, 3.05) is 18.8 Å². The van der Waals surface area contributed by atoms with Gasteiger partial charge in [0.25, 0.3) is 0 Å². The van der Waals surface area contributed by atoms with Crippen molar-refractivity contribution in [1.82, 2.24) is 20.3 Å². The van der Waals surface area contributed by atoms with E-state index >= 15 is 0 Å². The zero-order chi connectivity index (χ0) is 22.8. The molecule has 33 heavy (non-hydrogen) atoms. The standard InChI is InChI=1S/C25H27FN6O/c1-15-24-22(31-25(27)30-15)11-17(12-23(24)32-33-19-6-9-28-10-7-19)20-5-4-18(26)13-21(20)16-3-2-8-29-14-16/h2-5,8,13-14,17,19,28H,6-7,9-12H2,1H3,(H2,27,30,31)/b32-23+/t17-/m1/s1. The molecule has 1 aliphatic heterocycles. The second kappa shape index (κ2) is 9.23. The summed E-state index contributed by atoms with van der Waals surface area (Å²) in [4.78, 5) is 19.1. The smallest absolute Gasteiger partial charge is 0.220 e.